The molecule has 1 aliphatic carbocycles. The van der Waals surface area contributed by atoms with Crippen molar-refractivity contribution in [2.24, 2.45) is 10.2 Å². The van der Waals surface area contributed by atoms with E-state index in [0.29, 0.717) is 0 Å². The zero-order valence-corrected chi connectivity index (χ0v) is 3.83. The molecule has 0 unspecified atom stereocenters. The fourth-order valence-electron chi connectivity index (χ4n) is 0.929. The lowest BCUT2D eigenvalue weighted by molar-refractivity contribution is 0.0579. The highest BCUT2D eigenvalue weighted by molar-refractivity contribution is 5.05. The molecule has 2 aliphatic rings. The minimum atomic E-state index is -0.116. The third kappa shape index (κ3) is 0.332. The largest absolute Gasteiger partial charge is 0.393 e. The molecule has 2 rings (SSSR count). The van der Waals surface area contributed by atoms with E-state index in [1.807, 2.05) is 0 Å². The second kappa shape index (κ2) is 0.733. The fraction of sp³-hybridized carbons (Fsp3) is 1.00. The molecular weight excluding hydrogens is 92.1 g/mol. The van der Waals surface area contributed by atoms with Crippen LogP contribution in [0.5, 0.6) is 0 Å². The third-order valence-electron chi connectivity index (χ3n) is 1.51. The average Bonchev–Trinajstić information content (AvgIpc) is 2.14. The molecule has 1 heterocycles. The molecule has 0 amide bonds. The van der Waals surface area contributed by atoms with Crippen molar-refractivity contribution in [2.45, 2.75) is 24.6 Å². The van der Waals surface area contributed by atoms with Crippen LogP contribution in [0.1, 0.15) is 12.8 Å². The number of hydrogen-bond acceptors (Lipinski definition) is 3. The Labute approximate surface area is 41.1 Å². The van der Waals surface area contributed by atoms with E-state index in [0.717, 1.165) is 12.8 Å². The summed E-state index contributed by atoms with van der Waals surface area (Å²) >= 11 is 0. The molecular formula is C4H6N2O. The van der Waals surface area contributed by atoms with E-state index in [2.05, 4.69) is 10.2 Å². The quantitative estimate of drug-likeness (QED) is 0.465. The molecule has 1 aliphatic heterocycles. The summed E-state index contributed by atoms with van der Waals surface area (Å²) < 4.78 is 0. The van der Waals surface area contributed by atoms with Crippen LogP contribution in [0.25, 0.3) is 0 Å². The Kier molecular flexibility index (Phi) is 0.371. The van der Waals surface area contributed by atoms with Gasteiger partial charge in [0.1, 0.15) is 0 Å². The highest BCUT2D eigenvalue weighted by Crippen LogP contribution is 2.46. The predicted molar refractivity (Wildman–Crippen MR) is 22.8 cm³/mol. The van der Waals surface area contributed by atoms with Gasteiger partial charge in [-0.25, -0.2) is 0 Å². The van der Waals surface area contributed by atoms with Gasteiger partial charge in [-0.15, -0.1) is 0 Å². The lowest BCUT2D eigenvalue weighted by atomic mass is 9.86. The zero-order chi connectivity index (χ0) is 4.91. The molecule has 0 atom stereocenters. The van der Waals surface area contributed by atoms with Gasteiger partial charge in [0.15, 0.2) is 5.66 Å². The fourth-order valence-corrected chi connectivity index (χ4v) is 0.929. The monoisotopic (exact) mass is 98.0 g/mol. The molecule has 0 aromatic carbocycles. The Bertz CT molecular complexity index is 118. The highest BCUT2D eigenvalue weighted by atomic mass is 16.3. The van der Waals surface area contributed by atoms with Crippen LogP contribution in [-0.2, 0) is 0 Å². The molecule has 0 aromatic rings. The highest BCUT2D eigenvalue weighted by Gasteiger charge is 2.52. The molecule has 38 valence electrons. The Balaban J connectivity index is 1.99. The number of hydrogen-bond donors (Lipinski definition) is 1. The lowest BCUT2D eigenvalue weighted by Gasteiger charge is -2.25. The van der Waals surface area contributed by atoms with Gasteiger partial charge in [0.05, 0.1) is 6.10 Å². The van der Waals surface area contributed by atoms with Crippen molar-refractivity contribution in [3.8, 4) is 0 Å². The maximum absolute atomic E-state index is 8.70. The first-order valence-corrected chi connectivity index (χ1v) is 2.43. The molecule has 0 saturated heterocycles. The van der Waals surface area contributed by atoms with Crippen LogP contribution < -0.4 is 0 Å². The van der Waals surface area contributed by atoms with Crippen LogP contribution in [0, 0.1) is 0 Å². The van der Waals surface area contributed by atoms with Crippen LogP contribution in [-0.4, -0.2) is 16.9 Å². The van der Waals surface area contributed by atoms with Gasteiger partial charge in [-0.3, -0.25) is 0 Å². The predicted octanol–water partition coefficient (Wildman–Crippen LogP) is 0.303. The SMILES string of the molecule is OC1CC2(C1)N=N2. The first-order valence-electron chi connectivity index (χ1n) is 2.43. The first kappa shape index (κ1) is 3.55. The standard InChI is InChI=1S/C4H6N2O/c7-3-1-4(2-3)5-6-4/h3,7H,1-2H2. The number of aliphatic hydroxyl groups is 1. The van der Waals surface area contributed by atoms with Gasteiger partial charge in [0.25, 0.3) is 0 Å². The number of aliphatic hydroxyl groups excluding tert-OH is 1. The lowest BCUT2D eigenvalue weighted by Crippen LogP contribution is -2.36. The van der Waals surface area contributed by atoms with Crippen molar-refractivity contribution in [3.05, 3.63) is 0 Å². The zero-order valence-electron chi connectivity index (χ0n) is 3.83. The molecule has 1 spiro atoms. The van der Waals surface area contributed by atoms with Gasteiger partial charge in [0.2, 0.25) is 0 Å². The Morgan fingerprint density at radius 1 is 1.43 bits per heavy atom. The molecule has 0 bridgehead atoms. The molecule has 3 nitrogen and oxygen atoms in total. The first-order chi connectivity index (χ1) is 3.31. The number of rotatable bonds is 0. The molecule has 1 saturated carbocycles. The van der Waals surface area contributed by atoms with Crippen LogP contribution in [0.2, 0.25) is 0 Å². The minimum Gasteiger partial charge on any atom is -0.393 e. The summed E-state index contributed by atoms with van der Waals surface area (Å²) in [6, 6.07) is 0. The summed E-state index contributed by atoms with van der Waals surface area (Å²) in [4.78, 5) is 0. The van der Waals surface area contributed by atoms with Gasteiger partial charge >= 0.3 is 0 Å². The minimum absolute atomic E-state index is 0.0561. The van der Waals surface area contributed by atoms with Crippen molar-refractivity contribution in [3.63, 3.8) is 0 Å². The molecule has 1 N–H and O–H groups in total. The summed E-state index contributed by atoms with van der Waals surface area (Å²) in [6.45, 7) is 0. The average molecular weight is 98.1 g/mol. The maximum Gasteiger partial charge on any atom is 0.195 e. The molecule has 7 heavy (non-hydrogen) atoms. The summed E-state index contributed by atoms with van der Waals surface area (Å²) in [5.74, 6) is 0. The molecule has 0 radical (unpaired) electrons. The van der Waals surface area contributed by atoms with E-state index >= 15 is 0 Å². The van der Waals surface area contributed by atoms with Crippen LogP contribution in [0.3, 0.4) is 0 Å². The topological polar surface area (TPSA) is 45.0 Å². The summed E-state index contributed by atoms with van der Waals surface area (Å²) in [5.41, 5.74) is -0.0561. The van der Waals surface area contributed by atoms with Crippen LogP contribution in [0.4, 0.5) is 0 Å². The van der Waals surface area contributed by atoms with Crippen LogP contribution in [0.15, 0.2) is 10.2 Å². The van der Waals surface area contributed by atoms with Gasteiger partial charge in [-0.1, -0.05) is 0 Å². The van der Waals surface area contributed by atoms with Crippen molar-refractivity contribution < 1.29 is 5.11 Å². The maximum atomic E-state index is 8.70. The van der Waals surface area contributed by atoms with Gasteiger partial charge < -0.3 is 5.11 Å². The van der Waals surface area contributed by atoms with E-state index in [1.165, 1.54) is 0 Å². The van der Waals surface area contributed by atoms with Gasteiger partial charge in [-0.05, 0) is 0 Å². The van der Waals surface area contributed by atoms with Crippen molar-refractivity contribution in [1.29, 1.82) is 0 Å². The summed E-state index contributed by atoms with van der Waals surface area (Å²) in [5, 5.41) is 16.2. The Morgan fingerprint density at radius 3 is 2.14 bits per heavy atom. The summed E-state index contributed by atoms with van der Waals surface area (Å²) in [6.07, 6.45) is 1.43. The summed E-state index contributed by atoms with van der Waals surface area (Å²) in [7, 11) is 0. The van der Waals surface area contributed by atoms with Crippen molar-refractivity contribution in [1.82, 2.24) is 0 Å². The van der Waals surface area contributed by atoms with Gasteiger partial charge in [0, 0.05) is 12.8 Å². The van der Waals surface area contributed by atoms with E-state index in [-0.39, 0.29) is 11.8 Å². The second-order valence-electron chi connectivity index (χ2n) is 2.24. The second-order valence-corrected chi connectivity index (χ2v) is 2.24. The number of nitrogens with zero attached hydrogens (tertiary/aromatic N) is 2. The molecule has 3 heteroatoms. The van der Waals surface area contributed by atoms with Crippen molar-refractivity contribution in [2.75, 3.05) is 0 Å². The van der Waals surface area contributed by atoms with Crippen LogP contribution >= 0.6 is 0 Å². The van der Waals surface area contributed by atoms with E-state index in [9.17, 15) is 0 Å². The third-order valence-corrected chi connectivity index (χ3v) is 1.51. The molecule has 1 fully saturated rings. The Morgan fingerprint density at radius 2 is 2.00 bits per heavy atom. The van der Waals surface area contributed by atoms with Crippen molar-refractivity contribution >= 4 is 0 Å². The Hall–Kier alpha value is -0.440. The van der Waals surface area contributed by atoms with E-state index in [1.54, 1.807) is 0 Å². The van der Waals surface area contributed by atoms with E-state index in [4.69, 9.17) is 5.11 Å². The molecule has 0 aromatic heterocycles. The van der Waals surface area contributed by atoms with Gasteiger partial charge in [-0.2, -0.15) is 10.2 Å². The normalized spacial score (nSPS) is 33.3. The smallest absolute Gasteiger partial charge is 0.195 e. The van der Waals surface area contributed by atoms with E-state index < -0.39 is 0 Å².